The molecule has 4 nitrogen and oxygen atoms in total. The summed E-state index contributed by atoms with van der Waals surface area (Å²) >= 11 is 0. The molecule has 0 radical (unpaired) electrons. The number of phenolic OH excluding ortho intramolecular Hbond substituents is 2. The van der Waals surface area contributed by atoms with Gasteiger partial charge < -0.3 is 10.2 Å². The van der Waals surface area contributed by atoms with Crippen molar-refractivity contribution in [3.05, 3.63) is 59.2 Å². The molecule has 0 aromatic heterocycles. The Labute approximate surface area is 206 Å². The van der Waals surface area contributed by atoms with Crippen molar-refractivity contribution >= 4 is 11.6 Å². The van der Waals surface area contributed by atoms with E-state index in [0.717, 1.165) is 48.8 Å². The maximum atomic E-state index is 11.1. The summed E-state index contributed by atoms with van der Waals surface area (Å²) in [5.41, 5.74) is 2.80. The third-order valence-corrected chi connectivity index (χ3v) is 6.66. The lowest BCUT2D eigenvalue weighted by atomic mass is 9.82. The summed E-state index contributed by atoms with van der Waals surface area (Å²) in [5, 5.41) is 18.1. The highest BCUT2D eigenvalue weighted by Crippen LogP contribution is 2.24. The van der Waals surface area contributed by atoms with E-state index in [0.29, 0.717) is 40.8 Å². The van der Waals surface area contributed by atoms with Crippen LogP contribution in [0.4, 0.5) is 0 Å². The first-order valence-electron chi connectivity index (χ1n) is 12.6. The molecule has 2 saturated carbocycles. The van der Waals surface area contributed by atoms with Crippen molar-refractivity contribution in [1.29, 1.82) is 0 Å². The summed E-state index contributed by atoms with van der Waals surface area (Å²) in [6.45, 7) is 11.8. The second-order valence-electron chi connectivity index (χ2n) is 9.78. The normalized spacial score (nSPS) is 21.6. The lowest BCUT2D eigenvalue weighted by molar-refractivity contribution is -0.128. The standard InChI is InChI=1S/C8H14O.C8H10O.C7H12O.C7H8O/c2*1-6-4-3-5-7(2)8(6)9;2*1-6-4-2-3-5-7(6)8/h6-7H,3-5H2,1-2H3;3-5,9H,1-2H3;6H,2-5H2,1H3;2-5,8H,1H3. The van der Waals surface area contributed by atoms with Gasteiger partial charge in [0.1, 0.15) is 23.1 Å². The van der Waals surface area contributed by atoms with Gasteiger partial charge in [0, 0.05) is 24.2 Å². The minimum absolute atomic E-state index is 0.341. The molecule has 0 bridgehead atoms. The SMILES string of the molecule is CC1CCCC(C)C1=O.CC1CCCCC1=O.Cc1cccc(C)c1O.Cc1ccccc1O. The van der Waals surface area contributed by atoms with E-state index in [1.165, 1.54) is 12.8 Å². The number of Topliss-reactive ketones (excluding diaryl/α,β-unsaturated/α-hetero) is 2. The van der Waals surface area contributed by atoms with Gasteiger partial charge in [-0.05, 0) is 69.2 Å². The van der Waals surface area contributed by atoms with Crippen LogP contribution in [0.25, 0.3) is 0 Å². The van der Waals surface area contributed by atoms with Gasteiger partial charge in [-0.25, -0.2) is 0 Å². The first-order chi connectivity index (χ1) is 16.0. The van der Waals surface area contributed by atoms with Gasteiger partial charge in [-0.2, -0.15) is 0 Å². The highest BCUT2D eigenvalue weighted by molar-refractivity contribution is 5.83. The smallest absolute Gasteiger partial charge is 0.138 e. The van der Waals surface area contributed by atoms with Crippen LogP contribution in [-0.2, 0) is 9.59 Å². The molecule has 0 aliphatic heterocycles. The summed E-state index contributed by atoms with van der Waals surface area (Å²) < 4.78 is 0. The van der Waals surface area contributed by atoms with Crippen LogP contribution in [0.3, 0.4) is 0 Å². The van der Waals surface area contributed by atoms with Gasteiger partial charge in [0.25, 0.3) is 0 Å². The molecule has 2 aliphatic carbocycles. The van der Waals surface area contributed by atoms with Gasteiger partial charge in [-0.3, -0.25) is 9.59 Å². The number of phenols is 2. The predicted octanol–water partition coefficient (Wildman–Crippen LogP) is 7.49. The maximum Gasteiger partial charge on any atom is 0.138 e. The molecule has 0 amide bonds. The number of ketones is 2. The predicted molar refractivity (Wildman–Crippen MR) is 140 cm³/mol. The molecule has 2 fully saturated rings. The highest BCUT2D eigenvalue weighted by Gasteiger charge is 2.23. The lowest BCUT2D eigenvalue weighted by Gasteiger charge is -2.21. The van der Waals surface area contributed by atoms with Crippen LogP contribution in [-0.4, -0.2) is 21.8 Å². The summed E-state index contributed by atoms with van der Waals surface area (Å²) in [6.07, 6.45) is 7.82. The maximum absolute atomic E-state index is 11.1. The van der Waals surface area contributed by atoms with Gasteiger partial charge >= 0.3 is 0 Å². The minimum Gasteiger partial charge on any atom is -0.508 e. The lowest BCUT2D eigenvalue weighted by Crippen LogP contribution is -2.23. The van der Waals surface area contributed by atoms with Gasteiger partial charge in [0.05, 0.1) is 0 Å². The van der Waals surface area contributed by atoms with Gasteiger partial charge in [0.15, 0.2) is 0 Å². The van der Waals surface area contributed by atoms with E-state index >= 15 is 0 Å². The molecule has 188 valence electrons. The quantitative estimate of drug-likeness (QED) is 0.420. The number of para-hydroxylation sites is 2. The average molecular weight is 469 g/mol. The van der Waals surface area contributed by atoms with E-state index in [1.54, 1.807) is 6.07 Å². The molecule has 2 aromatic carbocycles. The van der Waals surface area contributed by atoms with E-state index in [2.05, 4.69) is 0 Å². The average Bonchev–Trinajstić information content (AvgIpc) is 2.81. The summed E-state index contributed by atoms with van der Waals surface area (Å²) in [6, 6.07) is 13.0. The molecule has 3 unspecified atom stereocenters. The van der Waals surface area contributed by atoms with E-state index in [1.807, 2.05) is 77.9 Å². The van der Waals surface area contributed by atoms with Crippen molar-refractivity contribution in [1.82, 2.24) is 0 Å². The molecule has 4 rings (SSSR count). The second kappa shape index (κ2) is 15.3. The minimum atomic E-state index is 0.341. The van der Waals surface area contributed by atoms with Gasteiger partial charge in [-0.15, -0.1) is 0 Å². The Bertz CT molecular complexity index is 849. The number of aryl methyl sites for hydroxylation is 3. The molecule has 3 atom stereocenters. The van der Waals surface area contributed by atoms with E-state index in [-0.39, 0.29) is 0 Å². The molecule has 0 heterocycles. The summed E-state index contributed by atoms with van der Waals surface area (Å²) in [4.78, 5) is 21.9. The molecule has 2 aliphatic rings. The zero-order chi connectivity index (χ0) is 25.7. The van der Waals surface area contributed by atoms with E-state index < -0.39 is 0 Å². The Balaban J connectivity index is 0.000000227. The number of carbonyl (C=O) groups excluding carboxylic acids is 2. The number of hydrogen-bond donors (Lipinski definition) is 2. The van der Waals surface area contributed by atoms with Crippen LogP contribution >= 0.6 is 0 Å². The Kier molecular flexibility index (Phi) is 13.2. The second-order valence-corrected chi connectivity index (χ2v) is 9.78. The van der Waals surface area contributed by atoms with Crippen LogP contribution in [0.1, 0.15) is 82.4 Å². The number of benzene rings is 2. The van der Waals surface area contributed by atoms with Crippen molar-refractivity contribution in [2.24, 2.45) is 17.8 Å². The van der Waals surface area contributed by atoms with Crippen LogP contribution < -0.4 is 0 Å². The number of rotatable bonds is 0. The van der Waals surface area contributed by atoms with Crippen molar-refractivity contribution in [3.63, 3.8) is 0 Å². The fourth-order valence-electron chi connectivity index (χ4n) is 4.03. The third-order valence-electron chi connectivity index (χ3n) is 6.66. The van der Waals surface area contributed by atoms with Crippen LogP contribution in [0.2, 0.25) is 0 Å². The molecule has 34 heavy (non-hydrogen) atoms. The number of hydrogen-bond acceptors (Lipinski definition) is 4. The molecule has 0 spiro atoms. The summed E-state index contributed by atoms with van der Waals surface area (Å²) in [5.74, 6) is 2.77. The Morgan fingerprint density at radius 1 is 0.647 bits per heavy atom. The zero-order valence-corrected chi connectivity index (χ0v) is 21.9. The molecule has 4 heteroatoms. The highest BCUT2D eigenvalue weighted by atomic mass is 16.3. The Morgan fingerprint density at radius 3 is 1.50 bits per heavy atom. The van der Waals surface area contributed by atoms with E-state index in [4.69, 9.17) is 5.11 Å². The Hall–Kier alpha value is -2.62. The zero-order valence-electron chi connectivity index (χ0n) is 21.9. The monoisotopic (exact) mass is 468 g/mol. The fraction of sp³-hybridized carbons (Fsp3) is 0.533. The van der Waals surface area contributed by atoms with Crippen molar-refractivity contribution in [2.75, 3.05) is 0 Å². The topological polar surface area (TPSA) is 74.6 Å². The Morgan fingerprint density at radius 2 is 1.15 bits per heavy atom. The molecular weight excluding hydrogens is 424 g/mol. The third kappa shape index (κ3) is 10.5. The van der Waals surface area contributed by atoms with Crippen molar-refractivity contribution in [2.45, 2.75) is 86.5 Å². The number of carbonyl (C=O) groups is 2. The molecule has 0 saturated heterocycles. The van der Waals surface area contributed by atoms with Crippen molar-refractivity contribution < 1.29 is 19.8 Å². The van der Waals surface area contributed by atoms with Gasteiger partial charge in [-0.1, -0.05) is 70.0 Å². The first-order valence-corrected chi connectivity index (χ1v) is 12.6. The number of aromatic hydroxyl groups is 2. The first kappa shape index (κ1) is 29.4. The van der Waals surface area contributed by atoms with Crippen LogP contribution in [0.15, 0.2) is 42.5 Å². The van der Waals surface area contributed by atoms with Gasteiger partial charge in [0.2, 0.25) is 0 Å². The van der Waals surface area contributed by atoms with E-state index in [9.17, 15) is 14.7 Å². The molecular formula is C30H44O4. The largest absolute Gasteiger partial charge is 0.508 e. The fourth-order valence-corrected chi connectivity index (χ4v) is 4.03. The van der Waals surface area contributed by atoms with Crippen molar-refractivity contribution in [3.8, 4) is 11.5 Å². The summed E-state index contributed by atoms with van der Waals surface area (Å²) in [7, 11) is 0. The van der Waals surface area contributed by atoms with Crippen LogP contribution in [0, 0.1) is 38.5 Å². The molecule has 2 aromatic rings. The molecule has 2 N–H and O–H groups in total. The van der Waals surface area contributed by atoms with Crippen LogP contribution in [0.5, 0.6) is 11.5 Å².